The second kappa shape index (κ2) is 5.34. The maximum absolute atomic E-state index is 5.97. The van der Waals surface area contributed by atoms with Crippen molar-refractivity contribution in [2.24, 2.45) is 0 Å². The van der Waals surface area contributed by atoms with Crippen molar-refractivity contribution in [1.82, 2.24) is 4.98 Å². The monoisotopic (exact) mass is 324 g/mol. The van der Waals surface area contributed by atoms with Crippen LogP contribution in [0.1, 0.15) is 5.56 Å². The van der Waals surface area contributed by atoms with Crippen LogP contribution in [0.5, 0.6) is 0 Å². The summed E-state index contributed by atoms with van der Waals surface area (Å²) >= 11 is 7.74. The van der Waals surface area contributed by atoms with Gasteiger partial charge in [-0.05, 0) is 42.8 Å². The molecule has 0 fully saturated rings. The molecule has 0 radical (unpaired) electrons. The van der Waals surface area contributed by atoms with Gasteiger partial charge in [0.1, 0.15) is 5.82 Å². The molecule has 4 heteroatoms. The Kier molecular flexibility index (Phi) is 3.32. The molecule has 2 aromatic carbocycles. The van der Waals surface area contributed by atoms with E-state index in [1.54, 1.807) is 11.8 Å². The minimum absolute atomic E-state index is 0.737. The molecule has 3 aromatic rings. The zero-order valence-corrected chi connectivity index (χ0v) is 13.5. The lowest BCUT2D eigenvalue weighted by Crippen LogP contribution is -2.04. The summed E-state index contributed by atoms with van der Waals surface area (Å²) in [6.07, 6.45) is 0. The van der Waals surface area contributed by atoms with Gasteiger partial charge in [-0.15, -0.1) is 0 Å². The number of benzene rings is 2. The lowest BCUT2D eigenvalue weighted by molar-refractivity contribution is 1.15. The van der Waals surface area contributed by atoms with E-state index in [2.05, 4.69) is 36.5 Å². The standard InChI is InChI=1S/C18H13ClN2S/c1-11-10-15(12-6-8-13(19)9-7-12)21-18-17(11)22-16-5-3-2-4-14(16)20-18/h2-10H,1H3,(H,20,21). The summed E-state index contributed by atoms with van der Waals surface area (Å²) in [7, 11) is 0. The molecule has 0 spiro atoms. The van der Waals surface area contributed by atoms with Crippen molar-refractivity contribution in [3.63, 3.8) is 0 Å². The predicted molar refractivity (Wildman–Crippen MR) is 93.3 cm³/mol. The largest absolute Gasteiger partial charge is 0.338 e. The van der Waals surface area contributed by atoms with Crippen molar-refractivity contribution in [3.05, 3.63) is 65.2 Å². The fourth-order valence-corrected chi connectivity index (χ4v) is 3.67. The molecular weight excluding hydrogens is 312 g/mol. The first-order valence-corrected chi connectivity index (χ1v) is 8.21. The third kappa shape index (κ3) is 2.36. The first-order valence-electron chi connectivity index (χ1n) is 7.02. The number of rotatable bonds is 1. The molecule has 1 N–H and O–H groups in total. The average Bonchev–Trinajstić information content (AvgIpc) is 2.54. The SMILES string of the molecule is Cc1cc(-c2ccc(Cl)cc2)nc2c1Sc1ccccc1N2. The molecule has 0 unspecified atom stereocenters. The highest BCUT2D eigenvalue weighted by molar-refractivity contribution is 7.99. The molecule has 4 rings (SSSR count). The highest BCUT2D eigenvalue weighted by Gasteiger charge is 2.19. The highest BCUT2D eigenvalue weighted by Crippen LogP contribution is 2.45. The molecule has 1 aromatic heterocycles. The van der Waals surface area contributed by atoms with Crippen molar-refractivity contribution in [2.45, 2.75) is 16.7 Å². The van der Waals surface area contributed by atoms with Gasteiger partial charge in [0.15, 0.2) is 0 Å². The van der Waals surface area contributed by atoms with Crippen LogP contribution < -0.4 is 5.32 Å². The number of nitrogens with zero attached hydrogens (tertiary/aromatic N) is 1. The molecule has 0 bridgehead atoms. The molecule has 22 heavy (non-hydrogen) atoms. The van der Waals surface area contributed by atoms with E-state index < -0.39 is 0 Å². The van der Waals surface area contributed by atoms with E-state index in [0.717, 1.165) is 27.8 Å². The molecule has 0 amide bonds. The van der Waals surface area contributed by atoms with Gasteiger partial charge in [0.2, 0.25) is 0 Å². The number of pyridine rings is 1. The molecule has 2 nitrogen and oxygen atoms in total. The number of aryl methyl sites for hydroxylation is 1. The van der Waals surface area contributed by atoms with Crippen LogP contribution in [0.25, 0.3) is 11.3 Å². The fourth-order valence-electron chi connectivity index (χ4n) is 2.54. The van der Waals surface area contributed by atoms with E-state index in [-0.39, 0.29) is 0 Å². The van der Waals surface area contributed by atoms with Crippen molar-refractivity contribution in [2.75, 3.05) is 5.32 Å². The Morgan fingerprint density at radius 3 is 2.64 bits per heavy atom. The predicted octanol–water partition coefficient (Wildman–Crippen LogP) is 5.92. The molecular formula is C18H13ClN2S. The number of hydrogen-bond donors (Lipinski definition) is 1. The average molecular weight is 325 g/mol. The van der Waals surface area contributed by atoms with Gasteiger partial charge in [-0.3, -0.25) is 0 Å². The lowest BCUT2D eigenvalue weighted by atomic mass is 10.1. The van der Waals surface area contributed by atoms with Crippen molar-refractivity contribution < 1.29 is 0 Å². The van der Waals surface area contributed by atoms with Crippen LogP contribution in [0.4, 0.5) is 11.5 Å². The van der Waals surface area contributed by atoms with Crippen LogP contribution in [0, 0.1) is 6.92 Å². The molecule has 1 aliphatic heterocycles. The maximum Gasteiger partial charge on any atom is 0.145 e. The minimum Gasteiger partial charge on any atom is -0.338 e. The third-order valence-corrected chi connectivity index (χ3v) is 5.20. The van der Waals surface area contributed by atoms with E-state index in [4.69, 9.17) is 16.6 Å². The molecule has 108 valence electrons. The van der Waals surface area contributed by atoms with Gasteiger partial charge in [0.25, 0.3) is 0 Å². The number of anilines is 2. The van der Waals surface area contributed by atoms with Crippen LogP contribution in [-0.4, -0.2) is 4.98 Å². The van der Waals surface area contributed by atoms with Gasteiger partial charge in [-0.2, -0.15) is 0 Å². The number of hydrogen-bond acceptors (Lipinski definition) is 3. The van der Waals surface area contributed by atoms with Gasteiger partial charge in [0, 0.05) is 15.5 Å². The van der Waals surface area contributed by atoms with Crippen molar-refractivity contribution in [1.29, 1.82) is 0 Å². The van der Waals surface area contributed by atoms with Gasteiger partial charge in [-0.1, -0.05) is 47.6 Å². The Bertz CT molecular complexity index is 859. The summed E-state index contributed by atoms with van der Waals surface area (Å²) in [5.74, 6) is 0.925. The van der Waals surface area contributed by atoms with Crippen molar-refractivity contribution in [3.8, 4) is 11.3 Å². The first-order chi connectivity index (χ1) is 10.7. The summed E-state index contributed by atoms with van der Waals surface area (Å²) in [6, 6.07) is 18.2. The minimum atomic E-state index is 0.737. The Morgan fingerprint density at radius 2 is 1.82 bits per heavy atom. The van der Waals surface area contributed by atoms with Crippen LogP contribution >= 0.6 is 23.4 Å². The molecule has 0 atom stereocenters. The number of nitrogens with one attached hydrogen (secondary N) is 1. The molecule has 1 aliphatic rings. The Labute approximate surface area is 138 Å². The third-order valence-electron chi connectivity index (χ3n) is 3.65. The summed E-state index contributed by atoms with van der Waals surface area (Å²) in [6.45, 7) is 2.13. The summed E-state index contributed by atoms with van der Waals surface area (Å²) in [4.78, 5) is 7.22. The zero-order valence-electron chi connectivity index (χ0n) is 11.9. The van der Waals surface area contributed by atoms with E-state index in [1.165, 1.54) is 15.4 Å². The van der Waals surface area contributed by atoms with Crippen LogP contribution in [0.3, 0.4) is 0 Å². The second-order valence-corrected chi connectivity index (χ2v) is 6.72. The van der Waals surface area contributed by atoms with Gasteiger partial charge < -0.3 is 5.32 Å². The lowest BCUT2D eigenvalue weighted by Gasteiger charge is -2.22. The number of halogens is 1. The number of aromatic nitrogens is 1. The van der Waals surface area contributed by atoms with E-state index in [9.17, 15) is 0 Å². The quantitative estimate of drug-likeness (QED) is 0.470. The molecule has 2 heterocycles. The van der Waals surface area contributed by atoms with E-state index in [1.807, 2.05) is 30.3 Å². The number of para-hydroxylation sites is 1. The highest BCUT2D eigenvalue weighted by atomic mass is 35.5. The fraction of sp³-hybridized carbons (Fsp3) is 0.0556. The summed E-state index contributed by atoms with van der Waals surface area (Å²) in [5.41, 5.74) is 4.36. The Hall–Kier alpha value is -1.97. The van der Waals surface area contributed by atoms with Crippen LogP contribution in [0.2, 0.25) is 5.02 Å². The topological polar surface area (TPSA) is 24.9 Å². The maximum atomic E-state index is 5.97. The molecule has 0 saturated carbocycles. The summed E-state index contributed by atoms with van der Waals surface area (Å²) < 4.78 is 0. The van der Waals surface area contributed by atoms with Gasteiger partial charge in [-0.25, -0.2) is 4.98 Å². The van der Waals surface area contributed by atoms with E-state index >= 15 is 0 Å². The van der Waals surface area contributed by atoms with Crippen molar-refractivity contribution >= 4 is 34.9 Å². The normalized spacial score (nSPS) is 12.3. The summed E-state index contributed by atoms with van der Waals surface area (Å²) in [5, 5.41) is 4.18. The Balaban J connectivity index is 1.80. The van der Waals surface area contributed by atoms with E-state index in [0.29, 0.717) is 0 Å². The van der Waals surface area contributed by atoms with Gasteiger partial charge >= 0.3 is 0 Å². The van der Waals surface area contributed by atoms with Crippen LogP contribution in [0.15, 0.2) is 64.4 Å². The zero-order chi connectivity index (χ0) is 15.1. The number of fused-ring (bicyclic) bond motifs is 2. The molecule has 0 saturated heterocycles. The first kappa shape index (κ1) is 13.7. The second-order valence-electron chi connectivity index (χ2n) is 5.23. The van der Waals surface area contributed by atoms with Gasteiger partial charge in [0.05, 0.1) is 16.3 Å². The smallest absolute Gasteiger partial charge is 0.145 e. The Morgan fingerprint density at radius 1 is 1.05 bits per heavy atom. The van der Waals surface area contributed by atoms with Crippen LogP contribution in [-0.2, 0) is 0 Å². The molecule has 0 aliphatic carbocycles.